The minimum atomic E-state index is 0.0266. The molecule has 0 bridgehead atoms. The summed E-state index contributed by atoms with van der Waals surface area (Å²) in [6, 6.07) is 0.806. The van der Waals surface area contributed by atoms with Gasteiger partial charge in [0.15, 0.2) is 0 Å². The zero-order chi connectivity index (χ0) is 11.9. The Kier molecular flexibility index (Phi) is 2.77. The van der Waals surface area contributed by atoms with E-state index in [1.807, 2.05) is 6.92 Å². The molecule has 0 radical (unpaired) electrons. The second-order valence-electron chi connectivity index (χ2n) is 5.71. The van der Waals surface area contributed by atoms with Gasteiger partial charge in [-0.25, -0.2) is 4.79 Å². The summed E-state index contributed by atoms with van der Waals surface area (Å²) in [7, 11) is 0. The summed E-state index contributed by atoms with van der Waals surface area (Å²) < 4.78 is 5.77. The second kappa shape index (κ2) is 4.16. The zero-order valence-corrected chi connectivity index (χ0v) is 10.5. The third-order valence-electron chi connectivity index (χ3n) is 4.66. The van der Waals surface area contributed by atoms with Gasteiger partial charge in [-0.1, -0.05) is 6.42 Å². The summed E-state index contributed by atoms with van der Waals surface area (Å²) in [5.74, 6) is 0. The van der Waals surface area contributed by atoms with Gasteiger partial charge < -0.3 is 15.4 Å². The number of rotatable bonds is 4. The monoisotopic (exact) mass is 238 g/mol. The van der Waals surface area contributed by atoms with Crippen LogP contribution in [0.3, 0.4) is 0 Å². The minimum absolute atomic E-state index is 0.0266. The molecular formula is C13H22N2O2. The fraction of sp³-hybridized carbons (Fsp3) is 0.923. The molecule has 96 valence electrons. The summed E-state index contributed by atoms with van der Waals surface area (Å²) in [6.07, 6.45) is 7.37. The quantitative estimate of drug-likeness (QED) is 0.784. The van der Waals surface area contributed by atoms with E-state index in [-0.39, 0.29) is 11.4 Å². The van der Waals surface area contributed by atoms with Crippen molar-refractivity contribution in [2.24, 2.45) is 5.41 Å². The minimum Gasteiger partial charge on any atom is -0.378 e. The van der Waals surface area contributed by atoms with Gasteiger partial charge >= 0.3 is 6.03 Å². The molecule has 0 aromatic rings. The van der Waals surface area contributed by atoms with Crippen molar-refractivity contribution in [2.75, 3.05) is 6.61 Å². The van der Waals surface area contributed by atoms with E-state index < -0.39 is 0 Å². The van der Waals surface area contributed by atoms with E-state index in [0.717, 1.165) is 25.9 Å². The second-order valence-corrected chi connectivity index (χ2v) is 5.71. The van der Waals surface area contributed by atoms with Gasteiger partial charge in [0.05, 0.1) is 6.10 Å². The van der Waals surface area contributed by atoms with Crippen molar-refractivity contribution in [3.05, 3.63) is 0 Å². The van der Waals surface area contributed by atoms with Crippen molar-refractivity contribution in [2.45, 2.75) is 63.6 Å². The average Bonchev–Trinajstić information content (AvgIpc) is 2.97. The fourth-order valence-corrected chi connectivity index (χ4v) is 3.25. The van der Waals surface area contributed by atoms with Crippen LogP contribution in [0.2, 0.25) is 0 Å². The predicted octanol–water partition coefficient (Wildman–Crippen LogP) is 1.80. The average molecular weight is 238 g/mol. The van der Waals surface area contributed by atoms with Crippen molar-refractivity contribution in [1.82, 2.24) is 10.6 Å². The Labute approximate surface area is 102 Å². The van der Waals surface area contributed by atoms with Crippen LogP contribution in [-0.4, -0.2) is 30.8 Å². The molecule has 17 heavy (non-hydrogen) atoms. The molecule has 0 aromatic carbocycles. The molecule has 0 aliphatic heterocycles. The third kappa shape index (κ3) is 1.92. The molecule has 3 aliphatic carbocycles. The lowest BCUT2D eigenvalue weighted by atomic mass is 9.51. The first-order valence-corrected chi connectivity index (χ1v) is 6.93. The molecule has 3 fully saturated rings. The van der Waals surface area contributed by atoms with Gasteiger partial charge in [-0.3, -0.25) is 0 Å². The Balaban J connectivity index is 1.52. The van der Waals surface area contributed by atoms with Crippen molar-refractivity contribution < 1.29 is 9.53 Å². The summed E-state index contributed by atoms with van der Waals surface area (Å²) in [6.45, 7) is 2.83. The lowest BCUT2D eigenvalue weighted by molar-refractivity contribution is -0.169. The van der Waals surface area contributed by atoms with Gasteiger partial charge in [0.25, 0.3) is 0 Å². The molecule has 1 spiro atoms. The lowest BCUT2D eigenvalue weighted by Gasteiger charge is -2.60. The standard InChI is InChI=1S/C13H22N2O2/c1-2-17-11-8-10(13(11)6-3-7-13)15-12(16)14-9-4-5-9/h9-11H,2-8H2,1H3,(H2,14,15,16)/t10-,11+/m1/s1. The van der Waals surface area contributed by atoms with Crippen molar-refractivity contribution in [1.29, 1.82) is 0 Å². The molecule has 2 N–H and O–H groups in total. The summed E-state index contributed by atoms with van der Waals surface area (Å²) >= 11 is 0. The first-order chi connectivity index (χ1) is 8.24. The first kappa shape index (κ1) is 11.3. The molecule has 0 saturated heterocycles. The Bertz CT molecular complexity index is 311. The van der Waals surface area contributed by atoms with Crippen LogP contribution in [0.4, 0.5) is 4.79 Å². The predicted molar refractivity (Wildman–Crippen MR) is 64.8 cm³/mol. The van der Waals surface area contributed by atoms with E-state index in [9.17, 15) is 4.79 Å². The van der Waals surface area contributed by atoms with Gasteiger partial charge in [0, 0.05) is 24.1 Å². The molecule has 3 aliphatic rings. The highest BCUT2D eigenvalue weighted by Gasteiger charge is 2.59. The SMILES string of the molecule is CCO[C@H]1C[C@@H](NC(=O)NC2CC2)C12CCC2. The summed E-state index contributed by atoms with van der Waals surface area (Å²) in [4.78, 5) is 11.7. The molecule has 0 heterocycles. The highest BCUT2D eigenvalue weighted by molar-refractivity contribution is 5.75. The van der Waals surface area contributed by atoms with Gasteiger partial charge in [-0.05, 0) is 39.0 Å². The zero-order valence-electron chi connectivity index (χ0n) is 10.5. The van der Waals surface area contributed by atoms with Crippen molar-refractivity contribution in [3.8, 4) is 0 Å². The maximum atomic E-state index is 11.7. The van der Waals surface area contributed by atoms with Gasteiger partial charge in [-0.15, -0.1) is 0 Å². The number of amides is 2. The number of ether oxygens (including phenoxy) is 1. The maximum absolute atomic E-state index is 11.7. The lowest BCUT2D eigenvalue weighted by Crippen LogP contribution is -2.68. The fourth-order valence-electron chi connectivity index (χ4n) is 3.25. The Morgan fingerprint density at radius 3 is 2.65 bits per heavy atom. The highest BCUT2D eigenvalue weighted by atomic mass is 16.5. The molecule has 4 nitrogen and oxygen atoms in total. The largest absolute Gasteiger partial charge is 0.378 e. The number of hydrogen-bond donors (Lipinski definition) is 2. The van der Waals surface area contributed by atoms with E-state index in [0.29, 0.717) is 18.2 Å². The molecule has 4 heteroatoms. The summed E-state index contributed by atoms with van der Waals surface area (Å²) in [5, 5.41) is 6.13. The van der Waals surface area contributed by atoms with Gasteiger partial charge in [-0.2, -0.15) is 0 Å². The number of urea groups is 1. The van der Waals surface area contributed by atoms with E-state index in [1.54, 1.807) is 0 Å². The normalized spacial score (nSPS) is 33.7. The molecule has 0 aromatic heterocycles. The highest BCUT2D eigenvalue weighted by Crippen LogP contribution is 2.57. The van der Waals surface area contributed by atoms with E-state index >= 15 is 0 Å². The number of carbonyl (C=O) groups is 1. The summed E-state index contributed by atoms with van der Waals surface area (Å²) in [5.41, 5.74) is 0.275. The van der Waals surface area contributed by atoms with Crippen LogP contribution in [0.1, 0.15) is 45.4 Å². The van der Waals surface area contributed by atoms with Crippen LogP contribution in [0.5, 0.6) is 0 Å². The van der Waals surface area contributed by atoms with Crippen LogP contribution in [0.25, 0.3) is 0 Å². The number of carbonyl (C=O) groups excluding carboxylic acids is 1. The number of hydrogen-bond acceptors (Lipinski definition) is 2. The molecule has 0 unspecified atom stereocenters. The van der Waals surface area contributed by atoms with E-state index in [4.69, 9.17) is 4.74 Å². The first-order valence-electron chi connectivity index (χ1n) is 6.93. The Morgan fingerprint density at radius 2 is 2.12 bits per heavy atom. The van der Waals surface area contributed by atoms with Crippen LogP contribution < -0.4 is 10.6 Å². The molecular weight excluding hydrogens is 216 g/mol. The molecule has 3 rings (SSSR count). The Morgan fingerprint density at radius 1 is 1.35 bits per heavy atom. The topological polar surface area (TPSA) is 50.4 Å². The maximum Gasteiger partial charge on any atom is 0.315 e. The molecule has 2 atom stereocenters. The third-order valence-corrected chi connectivity index (χ3v) is 4.66. The van der Waals surface area contributed by atoms with E-state index in [1.165, 1.54) is 19.3 Å². The van der Waals surface area contributed by atoms with Crippen LogP contribution >= 0.6 is 0 Å². The van der Waals surface area contributed by atoms with Crippen LogP contribution in [-0.2, 0) is 4.74 Å². The van der Waals surface area contributed by atoms with Gasteiger partial charge in [0.1, 0.15) is 0 Å². The van der Waals surface area contributed by atoms with E-state index in [2.05, 4.69) is 10.6 Å². The smallest absolute Gasteiger partial charge is 0.315 e. The van der Waals surface area contributed by atoms with Crippen LogP contribution in [0, 0.1) is 5.41 Å². The Hall–Kier alpha value is -0.770. The molecule has 2 amide bonds. The van der Waals surface area contributed by atoms with Gasteiger partial charge in [0.2, 0.25) is 0 Å². The number of nitrogens with one attached hydrogen (secondary N) is 2. The van der Waals surface area contributed by atoms with Crippen LogP contribution in [0.15, 0.2) is 0 Å². The van der Waals surface area contributed by atoms with Crippen molar-refractivity contribution in [3.63, 3.8) is 0 Å². The molecule has 3 saturated carbocycles. The van der Waals surface area contributed by atoms with Crippen molar-refractivity contribution >= 4 is 6.03 Å².